The molecule has 2 saturated heterocycles. The van der Waals surface area contributed by atoms with Crippen LogP contribution in [0.15, 0.2) is 18.2 Å². The first-order valence-electron chi connectivity index (χ1n) is 7.98. The summed E-state index contributed by atoms with van der Waals surface area (Å²) < 4.78 is 0. The van der Waals surface area contributed by atoms with Gasteiger partial charge in [-0.1, -0.05) is 29.3 Å². The summed E-state index contributed by atoms with van der Waals surface area (Å²) in [4.78, 5) is 17.2. The molecule has 3 nitrogen and oxygen atoms in total. The quantitative estimate of drug-likeness (QED) is 0.840. The molecule has 22 heavy (non-hydrogen) atoms. The number of carbonyl (C=O) groups excluding carboxylic acids is 1. The maximum Gasteiger partial charge on any atom is 0.226 e. The summed E-state index contributed by atoms with van der Waals surface area (Å²) >= 11 is 12.5. The number of piperidine rings is 1. The first-order valence-corrected chi connectivity index (χ1v) is 8.73. The zero-order chi connectivity index (χ0) is 15.7. The number of hydrogen-bond donors (Lipinski definition) is 0. The van der Waals surface area contributed by atoms with Crippen molar-refractivity contribution in [1.29, 1.82) is 0 Å². The van der Waals surface area contributed by atoms with Crippen LogP contribution in [0.25, 0.3) is 0 Å². The van der Waals surface area contributed by atoms with Crippen LogP contribution in [0, 0.1) is 5.92 Å². The second kappa shape index (κ2) is 6.77. The molecule has 1 aromatic rings. The molecule has 2 fully saturated rings. The van der Waals surface area contributed by atoms with Crippen LogP contribution in [0.1, 0.15) is 24.8 Å². The highest BCUT2D eigenvalue weighted by Crippen LogP contribution is 2.32. The zero-order valence-electron chi connectivity index (χ0n) is 12.9. The summed E-state index contributed by atoms with van der Waals surface area (Å²) in [6, 6.07) is 5.90. The summed E-state index contributed by atoms with van der Waals surface area (Å²) in [5.74, 6) is 0.293. The fourth-order valence-corrected chi connectivity index (χ4v) is 4.23. The molecular formula is C17H22Cl2N2O. The number of likely N-dealkylation sites (N-methyl/N-ethyl adjacent to an activating group) is 1. The fourth-order valence-electron chi connectivity index (χ4n) is 3.68. The molecule has 1 aromatic carbocycles. The highest BCUT2D eigenvalue weighted by molar-refractivity contribution is 6.36. The van der Waals surface area contributed by atoms with E-state index >= 15 is 0 Å². The molecule has 2 aliphatic heterocycles. The van der Waals surface area contributed by atoms with Gasteiger partial charge in [0.15, 0.2) is 0 Å². The molecule has 1 amide bonds. The summed E-state index contributed by atoms with van der Waals surface area (Å²) in [7, 11) is 2.13. The molecule has 0 radical (unpaired) electrons. The van der Waals surface area contributed by atoms with Crippen LogP contribution in [-0.4, -0.2) is 48.4 Å². The lowest BCUT2D eigenvalue weighted by atomic mass is 9.97. The van der Waals surface area contributed by atoms with Gasteiger partial charge in [-0.05, 0) is 57.0 Å². The van der Waals surface area contributed by atoms with Gasteiger partial charge in [0.2, 0.25) is 5.91 Å². The Morgan fingerprint density at radius 1 is 1.18 bits per heavy atom. The molecule has 2 heterocycles. The van der Waals surface area contributed by atoms with Crippen LogP contribution in [0.2, 0.25) is 10.0 Å². The molecule has 2 aliphatic rings. The second-order valence-corrected chi connectivity index (χ2v) is 7.29. The van der Waals surface area contributed by atoms with E-state index in [-0.39, 0.29) is 11.8 Å². The molecule has 0 spiro atoms. The number of nitrogens with zero attached hydrogens (tertiary/aromatic N) is 2. The smallest absolute Gasteiger partial charge is 0.226 e. The van der Waals surface area contributed by atoms with E-state index in [9.17, 15) is 4.79 Å². The van der Waals surface area contributed by atoms with Gasteiger partial charge in [0, 0.05) is 35.1 Å². The summed E-state index contributed by atoms with van der Waals surface area (Å²) in [6.45, 7) is 2.99. The van der Waals surface area contributed by atoms with E-state index in [0.29, 0.717) is 22.5 Å². The second-order valence-electron chi connectivity index (χ2n) is 6.48. The highest BCUT2D eigenvalue weighted by Gasteiger charge is 2.37. The van der Waals surface area contributed by atoms with E-state index in [1.807, 2.05) is 18.2 Å². The van der Waals surface area contributed by atoms with Crippen LogP contribution in [0.5, 0.6) is 0 Å². The highest BCUT2D eigenvalue weighted by atomic mass is 35.5. The molecule has 120 valence electrons. The average Bonchev–Trinajstić information content (AvgIpc) is 2.84. The van der Waals surface area contributed by atoms with Gasteiger partial charge in [-0.15, -0.1) is 0 Å². The number of halogens is 2. The minimum absolute atomic E-state index is 0.0182. The van der Waals surface area contributed by atoms with Gasteiger partial charge in [-0.2, -0.15) is 0 Å². The van der Waals surface area contributed by atoms with Gasteiger partial charge in [0.1, 0.15) is 0 Å². The van der Waals surface area contributed by atoms with Gasteiger partial charge in [-0.3, -0.25) is 4.79 Å². The monoisotopic (exact) mass is 340 g/mol. The molecule has 0 aliphatic carbocycles. The molecule has 0 aromatic heterocycles. The first-order chi connectivity index (χ1) is 10.6. The normalized spacial score (nSPS) is 26.7. The van der Waals surface area contributed by atoms with Crippen molar-refractivity contribution >= 4 is 29.1 Å². The van der Waals surface area contributed by atoms with E-state index in [4.69, 9.17) is 23.2 Å². The number of rotatable bonds is 3. The SMILES string of the molecule is CN1CCCC(N2CCC(Cc3c(Cl)cccc3Cl)C2=O)C1. The molecule has 5 heteroatoms. The van der Waals surface area contributed by atoms with E-state index in [1.165, 1.54) is 6.42 Å². The predicted octanol–water partition coefficient (Wildman–Crippen LogP) is 3.48. The Balaban J connectivity index is 1.69. The van der Waals surface area contributed by atoms with Crippen molar-refractivity contribution in [3.05, 3.63) is 33.8 Å². The van der Waals surface area contributed by atoms with E-state index in [2.05, 4.69) is 16.8 Å². The third kappa shape index (κ3) is 3.27. The summed E-state index contributed by atoms with van der Waals surface area (Å²) in [5.41, 5.74) is 0.909. The zero-order valence-corrected chi connectivity index (χ0v) is 14.4. The minimum Gasteiger partial charge on any atom is -0.338 e. The Morgan fingerprint density at radius 2 is 1.91 bits per heavy atom. The van der Waals surface area contributed by atoms with Crippen LogP contribution >= 0.6 is 23.2 Å². The topological polar surface area (TPSA) is 23.6 Å². The largest absolute Gasteiger partial charge is 0.338 e. The van der Waals surface area contributed by atoms with E-state index < -0.39 is 0 Å². The summed E-state index contributed by atoms with van der Waals surface area (Å²) in [5, 5.41) is 1.33. The van der Waals surface area contributed by atoms with Crippen LogP contribution in [-0.2, 0) is 11.2 Å². The lowest BCUT2D eigenvalue weighted by Gasteiger charge is -2.36. The minimum atomic E-state index is 0.0182. The van der Waals surface area contributed by atoms with Gasteiger partial charge in [0.05, 0.1) is 0 Å². The van der Waals surface area contributed by atoms with Crippen LogP contribution in [0.4, 0.5) is 0 Å². The van der Waals surface area contributed by atoms with Crippen LogP contribution < -0.4 is 0 Å². The van der Waals surface area contributed by atoms with Gasteiger partial charge < -0.3 is 9.80 Å². The van der Waals surface area contributed by atoms with E-state index in [0.717, 1.165) is 38.0 Å². The third-order valence-electron chi connectivity index (χ3n) is 4.90. The van der Waals surface area contributed by atoms with Crippen molar-refractivity contribution < 1.29 is 4.79 Å². The first kappa shape index (κ1) is 16.1. The molecule has 0 N–H and O–H groups in total. The fraction of sp³-hybridized carbons (Fsp3) is 0.588. The van der Waals surface area contributed by atoms with Crippen molar-refractivity contribution in [2.24, 2.45) is 5.92 Å². The molecule has 3 rings (SSSR count). The molecular weight excluding hydrogens is 319 g/mol. The van der Waals surface area contributed by atoms with Gasteiger partial charge in [-0.25, -0.2) is 0 Å². The third-order valence-corrected chi connectivity index (χ3v) is 5.61. The number of carbonyl (C=O) groups is 1. The van der Waals surface area contributed by atoms with Crippen molar-refractivity contribution in [1.82, 2.24) is 9.80 Å². The number of hydrogen-bond acceptors (Lipinski definition) is 2. The number of amides is 1. The Labute approximate surface area is 142 Å². The van der Waals surface area contributed by atoms with Crippen molar-refractivity contribution in [3.63, 3.8) is 0 Å². The predicted molar refractivity (Wildman–Crippen MR) is 90.5 cm³/mol. The van der Waals surface area contributed by atoms with Crippen molar-refractivity contribution in [2.75, 3.05) is 26.7 Å². The molecule has 2 atom stereocenters. The molecule has 0 bridgehead atoms. The lowest BCUT2D eigenvalue weighted by molar-refractivity contribution is -0.133. The standard InChI is InChI=1S/C17H22Cl2N2O/c1-20-8-3-4-13(11-20)21-9-7-12(17(21)22)10-14-15(18)5-2-6-16(14)19/h2,5-6,12-13H,3-4,7-11H2,1H3. The van der Waals surface area contributed by atoms with Crippen molar-refractivity contribution in [3.8, 4) is 0 Å². The molecule has 0 saturated carbocycles. The maximum atomic E-state index is 12.8. The lowest BCUT2D eigenvalue weighted by Crippen LogP contribution is -2.47. The van der Waals surface area contributed by atoms with Gasteiger partial charge >= 0.3 is 0 Å². The molecule has 2 unspecified atom stereocenters. The number of benzene rings is 1. The van der Waals surface area contributed by atoms with Gasteiger partial charge in [0.25, 0.3) is 0 Å². The van der Waals surface area contributed by atoms with E-state index in [1.54, 1.807) is 0 Å². The Hall–Kier alpha value is -0.770. The Kier molecular flexibility index (Phi) is 4.96. The Bertz CT molecular complexity index is 543. The Morgan fingerprint density at radius 3 is 2.59 bits per heavy atom. The van der Waals surface area contributed by atoms with Crippen molar-refractivity contribution in [2.45, 2.75) is 31.7 Å². The van der Waals surface area contributed by atoms with Crippen LogP contribution in [0.3, 0.4) is 0 Å². The number of likely N-dealkylation sites (tertiary alicyclic amines) is 2. The summed E-state index contributed by atoms with van der Waals surface area (Å²) in [6.07, 6.45) is 3.85. The average molecular weight is 341 g/mol. The maximum absolute atomic E-state index is 12.8.